The Balaban J connectivity index is 1.55. The molecule has 5 amide bonds. The van der Waals surface area contributed by atoms with Crippen LogP contribution < -0.4 is 10.6 Å². The van der Waals surface area contributed by atoms with E-state index >= 15 is 0 Å². The van der Waals surface area contributed by atoms with E-state index in [9.17, 15) is 24.0 Å². The minimum atomic E-state index is -0.604. The first-order chi connectivity index (χ1) is 15.3. The largest absolute Gasteiger partial charge is 0.453 e. The highest BCUT2D eigenvalue weighted by atomic mass is 32.1. The lowest BCUT2D eigenvalue weighted by Crippen LogP contribution is -2.37. The van der Waals surface area contributed by atoms with Crippen LogP contribution in [0.5, 0.6) is 0 Å². The zero-order chi connectivity index (χ0) is 23.0. The summed E-state index contributed by atoms with van der Waals surface area (Å²) >= 11 is 1.18. The number of benzene rings is 1. The first-order valence-corrected chi connectivity index (χ1v) is 10.6. The number of carbonyl (C=O) groups is 5. The normalized spacial score (nSPS) is 14.7. The Bertz CT molecular complexity index is 1120. The van der Waals surface area contributed by atoms with Crippen LogP contribution in [0.2, 0.25) is 0 Å². The summed E-state index contributed by atoms with van der Waals surface area (Å²) in [4.78, 5) is 65.3. The third-order valence-electron chi connectivity index (χ3n) is 5.38. The van der Waals surface area contributed by atoms with Crippen molar-refractivity contribution in [3.8, 4) is 0 Å². The van der Waals surface area contributed by atoms with Gasteiger partial charge in [0.05, 0.1) is 30.3 Å². The van der Waals surface area contributed by atoms with E-state index in [-0.39, 0.29) is 23.6 Å². The van der Waals surface area contributed by atoms with Crippen molar-refractivity contribution in [1.29, 1.82) is 0 Å². The van der Waals surface area contributed by atoms with Crippen molar-refractivity contribution < 1.29 is 28.7 Å². The van der Waals surface area contributed by atoms with Crippen LogP contribution in [0.15, 0.2) is 24.3 Å². The van der Waals surface area contributed by atoms with Gasteiger partial charge in [0, 0.05) is 18.5 Å². The van der Waals surface area contributed by atoms with Crippen molar-refractivity contribution in [3.63, 3.8) is 0 Å². The van der Waals surface area contributed by atoms with Crippen molar-refractivity contribution in [3.05, 3.63) is 51.4 Å². The van der Waals surface area contributed by atoms with Crippen molar-refractivity contribution in [2.75, 3.05) is 32.6 Å². The molecule has 2 aliphatic rings. The first-order valence-electron chi connectivity index (χ1n) is 9.80. The minimum absolute atomic E-state index is 0.255. The highest BCUT2D eigenvalue weighted by molar-refractivity contribution is 7.17. The second-order valence-electron chi connectivity index (χ2n) is 7.22. The van der Waals surface area contributed by atoms with Crippen molar-refractivity contribution in [2.24, 2.45) is 0 Å². The van der Waals surface area contributed by atoms with Gasteiger partial charge in [0.25, 0.3) is 17.7 Å². The number of amides is 5. The molecule has 2 N–H and O–H groups in total. The van der Waals surface area contributed by atoms with Gasteiger partial charge in [-0.25, -0.2) is 4.79 Å². The van der Waals surface area contributed by atoms with Gasteiger partial charge >= 0.3 is 6.09 Å². The average molecular weight is 456 g/mol. The molecule has 0 saturated carbocycles. The zero-order valence-electron chi connectivity index (χ0n) is 17.4. The van der Waals surface area contributed by atoms with Gasteiger partial charge < -0.3 is 20.3 Å². The molecule has 0 bridgehead atoms. The predicted octanol–water partition coefficient (Wildman–Crippen LogP) is 1.47. The van der Waals surface area contributed by atoms with Crippen LogP contribution in [0.1, 0.15) is 41.5 Å². The van der Waals surface area contributed by atoms with Crippen LogP contribution in [0.25, 0.3) is 0 Å². The van der Waals surface area contributed by atoms with Gasteiger partial charge in [-0.15, -0.1) is 11.3 Å². The number of fused-ring (bicyclic) bond motifs is 2. The highest BCUT2D eigenvalue weighted by Gasteiger charge is 2.37. The fraction of sp³-hybridized carbons (Fsp3) is 0.286. The van der Waals surface area contributed by atoms with E-state index in [0.717, 1.165) is 15.3 Å². The molecule has 0 aliphatic carbocycles. The molecule has 32 heavy (non-hydrogen) atoms. The minimum Gasteiger partial charge on any atom is -0.453 e. The van der Waals surface area contributed by atoms with Crippen LogP contribution in [-0.4, -0.2) is 66.8 Å². The topological polar surface area (TPSA) is 125 Å². The molecule has 3 heterocycles. The maximum Gasteiger partial charge on any atom is 0.409 e. The second-order valence-corrected chi connectivity index (χ2v) is 8.32. The number of nitrogens with zero attached hydrogens (tertiary/aromatic N) is 2. The average Bonchev–Trinajstić information content (AvgIpc) is 3.27. The van der Waals surface area contributed by atoms with E-state index in [1.807, 2.05) is 0 Å². The third kappa shape index (κ3) is 3.60. The first kappa shape index (κ1) is 21.5. The van der Waals surface area contributed by atoms with Gasteiger partial charge in [0.1, 0.15) is 11.5 Å². The molecule has 0 fully saturated rings. The van der Waals surface area contributed by atoms with Crippen LogP contribution in [0.3, 0.4) is 0 Å². The Morgan fingerprint density at radius 3 is 2.38 bits per heavy atom. The molecule has 11 heteroatoms. The monoisotopic (exact) mass is 456 g/mol. The number of anilines is 1. The zero-order valence-corrected chi connectivity index (χ0v) is 18.2. The van der Waals surface area contributed by atoms with E-state index in [1.54, 1.807) is 12.1 Å². The molecular weight excluding hydrogens is 436 g/mol. The smallest absolute Gasteiger partial charge is 0.409 e. The van der Waals surface area contributed by atoms with Gasteiger partial charge in [-0.05, 0) is 24.1 Å². The van der Waals surface area contributed by atoms with Gasteiger partial charge in [-0.3, -0.25) is 24.1 Å². The fourth-order valence-corrected chi connectivity index (χ4v) is 5.11. The summed E-state index contributed by atoms with van der Waals surface area (Å²) in [5.41, 5.74) is 1.59. The maximum absolute atomic E-state index is 12.7. The van der Waals surface area contributed by atoms with Gasteiger partial charge in [0.15, 0.2) is 0 Å². The standard InChI is InChI=1S/C21H20N4O6S/c1-22-17(27)16-13-7-8-24(21(30)31-2)9-14(13)32-18(16)23-15(26)10-25-19(28)11-5-3-4-6-12(11)20(25)29/h3-6H,7-10H2,1-2H3,(H,22,27)(H,23,26). The van der Waals surface area contributed by atoms with E-state index in [4.69, 9.17) is 4.74 Å². The molecule has 1 aromatic heterocycles. The summed E-state index contributed by atoms with van der Waals surface area (Å²) in [6.45, 7) is 0.157. The SMILES string of the molecule is CNC(=O)c1c(NC(=O)CN2C(=O)c3ccccc3C2=O)sc2c1CCN(C(=O)OC)C2. The Kier molecular flexibility index (Phi) is 5.66. The third-order valence-corrected chi connectivity index (χ3v) is 6.51. The maximum atomic E-state index is 12.7. The molecule has 1 aromatic carbocycles. The van der Waals surface area contributed by atoms with E-state index in [2.05, 4.69) is 10.6 Å². The van der Waals surface area contributed by atoms with Crippen LogP contribution in [0, 0.1) is 0 Å². The van der Waals surface area contributed by atoms with E-state index in [1.165, 1.54) is 42.5 Å². The molecular formula is C21H20N4O6S. The number of imide groups is 1. The number of carbonyl (C=O) groups excluding carboxylic acids is 5. The quantitative estimate of drug-likeness (QED) is 0.671. The molecule has 0 atom stereocenters. The summed E-state index contributed by atoms with van der Waals surface area (Å²) in [6.07, 6.45) is -0.0421. The van der Waals surface area contributed by atoms with Crippen LogP contribution in [0.4, 0.5) is 9.80 Å². The lowest BCUT2D eigenvalue weighted by atomic mass is 10.0. The van der Waals surface area contributed by atoms with Crippen LogP contribution in [-0.2, 0) is 22.5 Å². The Morgan fingerprint density at radius 1 is 1.12 bits per heavy atom. The molecule has 2 aliphatic heterocycles. The van der Waals surface area contributed by atoms with Gasteiger partial charge in [0.2, 0.25) is 5.91 Å². The second kappa shape index (κ2) is 8.42. The van der Waals surface area contributed by atoms with Crippen molar-refractivity contribution >= 4 is 46.1 Å². The number of thiophene rings is 1. The number of rotatable bonds is 4. The fourth-order valence-electron chi connectivity index (χ4n) is 3.83. The number of hydrogen-bond donors (Lipinski definition) is 2. The number of methoxy groups -OCH3 is 1. The molecule has 0 unspecified atom stereocenters. The summed E-state index contributed by atoms with van der Waals surface area (Å²) in [5, 5.41) is 5.55. The van der Waals surface area contributed by atoms with Gasteiger partial charge in [-0.1, -0.05) is 12.1 Å². The Labute approximate surface area is 187 Å². The molecule has 4 rings (SSSR count). The summed E-state index contributed by atoms with van der Waals surface area (Å²) in [6, 6.07) is 6.38. The highest BCUT2D eigenvalue weighted by Crippen LogP contribution is 2.37. The Hall–Kier alpha value is -3.73. The van der Waals surface area contributed by atoms with Gasteiger partial charge in [-0.2, -0.15) is 0 Å². The predicted molar refractivity (Wildman–Crippen MR) is 115 cm³/mol. The molecule has 2 aromatic rings. The van der Waals surface area contributed by atoms with E-state index < -0.39 is 30.4 Å². The number of ether oxygens (including phenoxy) is 1. The van der Waals surface area contributed by atoms with Crippen LogP contribution >= 0.6 is 11.3 Å². The molecule has 10 nitrogen and oxygen atoms in total. The lowest BCUT2D eigenvalue weighted by molar-refractivity contribution is -0.116. The number of nitrogens with one attached hydrogen (secondary N) is 2. The molecule has 0 saturated heterocycles. The molecule has 0 radical (unpaired) electrons. The van der Waals surface area contributed by atoms with Crippen molar-refractivity contribution in [2.45, 2.75) is 13.0 Å². The Morgan fingerprint density at radius 2 is 1.78 bits per heavy atom. The number of hydrogen-bond acceptors (Lipinski definition) is 7. The van der Waals surface area contributed by atoms with E-state index in [0.29, 0.717) is 23.5 Å². The molecule has 166 valence electrons. The van der Waals surface area contributed by atoms with Crippen molar-refractivity contribution in [1.82, 2.24) is 15.1 Å². The lowest BCUT2D eigenvalue weighted by Gasteiger charge is -2.25. The summed E-state index contributed by atoms with van der Waals surface area (Å²) < 4.78 is 4.77. The summed E-state index contributed by atoms with van der Waals surface area (Å²) in [5.74, 6) is -2.05. The molecule has 0 spiro atoms. The summed E-state index contributed by atoms with van der Waals surface area (Å²) in [7, 11) is 2.79.